The van der Waals surface area contributed by atoms with Crippen LogP contribution in [0.4, 0.5) is 5.82 Å². The maximum Gasteiger partial charge on any atom is 0.241 e. The summed E-state index contributed by atoms with van der Waals surface area (Å²) in [5, 5.41) is 13.8. The van der Waals surface area contributed by atoms with Crippen LogP contribution >= 0.6 is 0 Å². The minimum absolute atomic E-state index is 0.0461. The quantitative estimate of drug-likeness (QED) is 0.798. The molecule has 1 aromatic heterocycles. The summed E-state index contributed by atoms with van der Waals surface area (Å²) in [6, 6.07) is 0. The first kappa shape index (κ1) is 12.9. The first-order valence-electron chi connectivity index (χ1n) is 6.16. The van der Waals surface area contributed by atoms with Crippen LogP contribution in [0, 0.1) is 6.92 Å². The fourth-order valence-corrected chi connectivity index (χ4v) is 2.44. The van der Waals surface area contributed by atoms with Crippen molar-refractivity contribution in [2.75, 3.05) is 31.6 Å². The number of carbonyl (C=O) groups excluding carboxylic acids is 1. The summed E-state index contributed by atoms with van der Waals surface area (Å²) < 4.78 is 1.75. The summed E-state index contributed by atoms with van der Waals surface area (Å²) >= 11 is 0. The lowest BCUT2D eigenvalue weighted by Crippen LogP contribution is -2.35. The second-order valence-corrected chi connectivity index (χ2v) is 4.76. The Hall–Kier alpha value is -1.56. The van der Waals surface area contributed by atoms with Crippen LogP contribution in [0.3, 0.4) is 0 Å². The summed E-state index contributed by atoms with van der Waals surface area (Å²) in [7, 11) is 3.67. The molecule has 2 heterocycles. The highest BCUT2D eigenvalue weighted by atomic mass is 16.3. The molecule has 1 aliphatic heterocycles. The fourth-order valence-electron chi connectivity index (χ4n) is 2.44. The molecule has 100 valence electrons. The first-order valence-corrected chi connectivity index (χ1v) is 6.16. The van der Waals surface area contributed by atoms with E-state index in [1.807, 2.05) is 25.9 Å². The van der Waals surface area contributed by atoms with Crippen molar-refractivity contribution in [2.45, 2.75) is 20.0 Å². The van der Waals surface area contributed by atoms with Gasteiger partial charge in [0.15, 0.2) is 0 Å². The molecule has 1 amide bonds. The molecule has 0 aliphatic carbocycles. The van der Waals surface area contributed by atoms with Gasteiger partial charge in [0.2, 0.25) is 5.91 Å². The lowest BCUT2D eigenvalue weighted by molar-refractivity contribution is -0.127. The van der Waals surface area contributed by atoms with Gasteiger partial charge in [-0.15, -0.1) is 0 Å². The molecule has 0 saturated carbocycles. The van der Waals surface area contributed by atoms with E-state index in [1.165, 1.54) is 0 Å². The zero-order valence-corrected chi connectivity index (χ0v) is 11.2. The molecule has 1 aliphatic rings. The number of anilines is 1. The van der Waals surface area contributed by atoms with Gasteiger partial charge in [-0.25, -0.2) is 0 Å². The number of carbonyl (C=O) groups is 1. The number of aliphatic hydroxyl groups excluding tert-OH is 1. The summed E-state index contributed by atoms with van der Waals surface area (Å²) in [4.78, 5) is 15.7. The molecule has 1 fully saturated rings. The van der Waals surface area contributed by atoms with Gasteiger partial charge < -0.3 is 14.9 Å². The molecule has 0 unspecified atom stereocenters. The van der Waals surface area contributed by atoms with Crippen LogP contribution in [0.1, 0.15) is 17.7 Å². The number of aromatic nitrogens is 2. The van der Waals surface area contributed by atoms with Crippen molar-refractivity contribution in [1.29, 1.82) is 0 Å². The number of amides is 1. The van der Waals surface area contributed by atoms with E-state index in [-0.39, 0.29) is 12.5 Å². The highest BCUT2D eigenvalue weighted by molar-refractivity contribution is 5.81. The van der Waals surface area contributed by atoms with Crippen molar-refractivity contribution >= 4 is 11.7 Å². The molecule has 18 heavy (non-hydrogen) atoms. The molecular weight excluding hydrogens is 232 g/mol. The summed E-state index contributed by atoms with van der Waals surface area (Å²) in [5.74, 6) is 0.967. The molecule has 1 saturated heterocycles. The van der Waals surface area contributed by atoms with Gasteiger partial charge >= 0.3 is 0 Å². The Balaban J connectivity index is 2.33. The van der Waals surface area contributed by atoms with Gasteiger partial charge in [-0.1, -0.05) is 0 Å². The Morgan fingerprint density at radius 3 is 2.72 bits per heavy atom. The van der Waals surface area contributed by atoms with E-state index in [0.29, 0.717) is 6.54 Å². The Labute approximate surface area is 107 Å². The SMILES string of the molecule is Cc1nn(C)c(N2CCCN(C)C(=O)C2)c1CO. The standard InChI is InChI=1S/C12H20N4O2/c1-9-10(8-17)12(15(3)13-9)16-6-4-5-14(2)11(18)7-16/h17H,4-8H2,1-3H3. The third kappa shape index (κ3) is 2.20. The Morgan fingerprint density at radius 2 is 2.06 bits per heavy atom. The Morgan fingerprint density at radius 1 is 1.33 bits per heavy atom. The minimum atomic E-state index is -0.0461. The highest BCUT2D eigenvalue weighted by Gasteiger charge is 2.24. The minimum Gasteiger partial charge on any atom is -0.391 e. The van der Waals surface area contributed by atoms with Crippen molar-refractivity contribution in [3.05, 3.63) is 11.3 Å². The van der Waals surface area contributed by atoms with E-state index in [0.717, 1.165) is 36.6 Å². The number of nitrogens with zero attached hydrogens (tertiary/aromatic N) is 4. The van der Waals surface area contributed by atoms with Gasteiger partial charge in [0.25, 0.3) is 0 Å². The number of hydrogen-bond acceptors (Lipinski definition) is 4. The van der Waals surface area contributed by atoms with Gasteiger partial charge in [0.05, 0.1) is 18.8 Å². The van der Waals surface area contributed by atoms with Crippen LogP contribution in [0.5, 0.6) is 0 Å². The van der Waals surface area contributed by atoms with E-state index in [1.54, 1.807) is 9.58 Å². The average molecular weight is 252 g/mol. The van der Waals surface area contributed by atoms with Crippen molar-refractivity contribution in [3.63, 3.8) is 0 Å². The van der Waals surface area contributed by atoms with E-state index in [2.05, 4.69) is 5.10 Å². The molecule has 6 heteroatoms. The number of aryl methyl sites for hydroxylation is 2. The van der Waals surface area contributed by atoms with E-state index >= 15 is 0 Å². The highest BCUT2D eigenvalue weighted by Crippen LogP contribution is 2.24. The zero-order valence-electron chi connectivity index (χ0n) is 11.2. The summed E-state index contributed by atoms with van der Waals surface area (Å²) in [5.41, 5.74) is 1.63. The second kappa shape index (κ2) is 4.97. The van der Waals surface area contributed by atoms with Crippen LogP contribution in [-0.4, -0.2) is 52.4 Å². The second-order valence-electron chi connectivity index (χ2n) is 4.76. The maximum absolute atomic E-state index is 11.9. The molecule has 1 aromatic rings. The van der Waals surface area contributed by atoms with Gasteiger partial charge in [-0.2, -0.15) is 5.10 Å². The molecule has 2 rings (SSSR count). The van der Waals surface area contributed by atoms with Crippen LogP contribution in [0.2, 0.25) is 0 Å². The molecular formula is C12H20N4O2. The number of likely N-dealkylation sites (N-methyl/N-ethyl adjacent to an activating group) is 1. The van der Waals surface area contributed by atoms with E-state index in [9.17, 15) is 9.90 Å². The van der Waals surface area contributed by atoms with Crippen molar-refractivity contribution in [3.8, 4) is 0 Å². The number of aliphatic hydroxyl groups is 1. The van der Waals surface area contributed by atoms with Crippen LogP contribution in [-0.2, 0) is 18.4 Å². The molecule has 0 bridgehead atoms. The maximum atomic E-state index is 11.9. The van der Waals surface area contributed by atoms with Gasteiger partial charge in [0, 0.05) is 32.7 Å². The number of rotatable bonds is 2. The number of hydrogen-bond donors (Lipinski definition) is 1. The normalized spacial score (nSPS) is 17.2. The van der Waals surface area contributed by atoms with E-state index in [4.69, 9.17) is 0 Å². The summed E-state index contributed by atoms with van der Waals surface area (Å²) in [6.45, 7) is 3.77. The molecule has 0 radical (unpaired) electrons. The third-order valence-corrected chi connectivity index (χ3v) is 3.44. The molecule has 0 spiro atoms. The van der Waals surface area contributed by atoms with Crippen molar-refractivity contribution in [2.24, 2.45) is 7.05 Å². The average Bonchev–Trinajstić information content (AvgIpc) is 2.50. The van der Waals surface area contributed by atoms with Gasteiger partial charge in [0.1, 0.15) is 5.82 Å². The van der Waals surface area contributed by atoms with Crippen LogP contribution < -0.4 is 4.90 Å². The Bertz CT molecular complexity index is 455. The predicted molar refractivity (Wildman–Crippen MR) is 68.3 cm³/mol. The van der Waals surface area contributed by atoms with Gasteiger partial charge in [-0.05, 0) is 13.3 Å². The van der Waals surface area contributed by atoms with Crippen molar-refractivity contribution in [1.82, 2.24) is 14.7 Å². The lowest BCUT2D eigenvalue weighted by atomic mass is 10.2. The third-order valence-electron chi connectivity index (χ3n) is 3.44. The zero-order chi connectivity index (χ0) is 13.3. The predicted octanol–water partition coefficient (Wildman–Crippen LogP) is -0.111. The molecule has 0 aromatic carbocycles. The van der Waals surface area contributed by atoms with E-state index < -0.39 is 0 Å². The largest absolute Gasteiger partial charge is 0.391 e. The summed E-state index contributed by atoms with van der Waals surface area (Å²) in [6.07, 6.45) is 0.928. The lowest BCUT2D eigenvalue weighted by Gasteiger charge is -2.23. The molecule has 0 atom stereocenters. The van der Waals surface area contributed by atoms with Gasteiger partial charge in [-0.3, -0.25) is 9.48 Å². The van der Waals surface area contributed by atoms with Crippen molar-refractivity contribution < 1.29 is 9.90 Å². The monoisotopic (exact) mass is 252 g/mol. The van der Waals surface area contributed by atoms with Crippen LogP contribution in [0.25, 0.3) is 0 Å². The Kier molecular flexibility index (Phi) is 3.56. The molecule has 1 N–H and O–H groups in total. The van der Waals surface area contributed by atoms with Crippen LogP contribution in [0.15, 0.2) is 0 Å². The smallest absolute Gasteiger partial charge is 0.241 e. The molecule has 6 nitrogen and oxygen atoms in total. The first-order chi connectivity index (χ1) is 8.54. The fraction of sp³-hybridized carbons (Fsp3) is 0.667. The topological polar surface area (TPSA) is 61.6 Å².